The lowest BCUT2D eigenvalue weighted by atomic mass is 9.49. The number of benzene rings is 1. The number of aromatic nitrogens is 7. The van der Waals surface area contributed by atoms with Gasteiger partial charge in [0.05, 0.1) is 54.5 Å². The van der Waals surface area contributed by atoms with Crippen LogP contribution in [0.2, 0.25) is 0 Å². The van der Waals surface area contributed by atoms with Crippen molar-refractivity contribution in [3.63, 3.8) is 0 Å². The molecule has 16 heteroatoms. The normalized spacial score (nSPS) is 13.7. The molecule has 0 unspecified atom stereocenters. The van der Waals surface area contributed by atoms with Crippen LogP contribution in [0.4, 0.5) is 13.2 Å². The van der Waals surface area contributed by atoms with Crippen LogP contribution in [0.15, 0.2) is 49.1 Å². The Morgan fingerprint density at radius 3 is 2.43 bits per heavy atom. The van der Waals surface area contributed by atoms with Gasteiger partial charge in [-0.1, -0.05) is 11.3 Å². The summed E-state index contributed by atoms with van der Waals surface area (Å²) in [5.74, 6) is 1.09. The fourth-order valence-electron chi connectivity index (χ4n) is 4.73. The van der Waals surface area contributed by atoms with Gasteiger partial charge in [0, 0.05) is 18.3 Å². The predicted octanol–water partition coefficient (Wildman–Crippen LogP) is 3.91. The maximum atomic E-state index is 13.5. The van der Waals surface area contributed by atoms with Crippen LogP contribution in [-0.2, 0) is 18.0 Å². The van der Waals surface area contributed by atoms with Crippen molar-refractivity contribution in [2.75, 3.05) is 14.2 Å². The van der Waals surface area contributed by atoms with Crippen molar-refractivity contribution in [2.45, 2.75) is 36.8 Å². The van der Waals surface area contributed by atoms with Gasteiger partial charge in [0.25, 0.3) is 0 Å². The van der Waals surface area contributed by atoms with Crippen LogP contribution >= 0.6 is 0 Å². The van der Waals surface area contributed by atoms with Crippen molar-refractivity contribution in [3.05, 3.63) is 66.0 Å². The van der Waals surface area contributed by atoms with E-state index in [4.69, 9.17) is 42.7 Å². The number of pyridine rings is 1. The largest absolute Gasteiger partial charge is 0.496 e. The summed E-state index contributed by atoms with van der Waals surface area (Å²) in [6.45, 7) is -0.00643. The minimum Gasteiger partial charge on any atom is -0.496 e. The van der Waals surface area contributed by atoms with Crippen molar-refractivity contribution in [3.8, 4) is 40.3 Å². The number of hydrogen-bond acceptors (Lipinski definition) is 9. The summed E-state index contributed by atoms with van der Waals surface area (Å²) in [6.07, 6.45) is 0.931. The minimum absolute atomic E-state index is 0.00643. The molecule has 5 aromatic rings. The summed E-state index contributed by atoms with van der Waals surface area (Å²) in [4.78, 5) is 26.2. The molecular weight excluding hydrogens is 572 g/mol. The van der Waals surface area contributed by atoms with E-state index in [0.717, 1.165) is 23.1 Å². The second kappa shape index (κ2) is 11.1. The standard InChI is InChI=1S/C28H21B3F3N7O3/c1-42-18-10-14(5-8-16(18)24-39-19(27(32,33)34)11-41(24)28(29,30)31)12-44-26-22-17(4-3-9-35-22)38-23(40-26)20-21(15-6-7-15)36-13-37-25(20)43-2/h3-5,8-11,13,15H,6-7,12H2,1-2H3. The Hall–Kier alpha value is -4.62. The molecule has 44 heavy (non-hydrogen) atoms. The van der Waals surface area contributed by atoms with Crippen molar-refractivity contribution < 1.29 is 27.4 Å². The molecule has 1 aromatic carbocycles. The second-order valence-corrected chi connectivity index (χ2v) is 10.2. The van der Waals surface area contributed by atoms with E-state index < -0.39 is 17.1 Å². The molecule has 1 aliphatic carbocycles. The highest BCUT2D eigenvalue weighted by Gasteiger charge is 2.37. The van der Waals surface area contributed by atoms with Crippen LogP contribution in [0.3, 0.4) is 0 Å². The zero-order valence-electron chi connectivity index (χ0n) is 23.5. The Balaban J connectivity index is 1.36. The summed E-state index contributed by atoms with van der Waals surface area (Å²) >= 11 is 0. The minimum atomic E-state index is -4.76. The van der Waals surface area contributed by atoms with E-state index in [1.54, 1.807) is 30.5 Å². The Kier molecular flexibility index (Phi) is 7.46. The number of ether oxygens (including phenoxy) is 3. The zero-order valence-corrected chi connectivity index (χ0v) is 23.5. The van der Waals surface area contributed by atoms with Gasteiger partial charge in [-0.2, -0.15) is 18.2 Å². The summed E-state index contributed by atoms with van der Waals surface area (Å²) < 4.78 is 58.4. The molecule has 1 fully saturated rings. The lowest BCUT2D eigenvalue weighted by Crippen LogP contribution is -2.35. The first-order valence-corrected chi connectivity index (χ1v) is 13.3. The van der Waals surface area contributed by atoms with Crippen LogP contribution in [0.5, 0.6) is 17.5 Å². The number of fused-ring (bicyclic) bond motifs is 1. The second-order valence-electron chi connectivity index (χ2n) is 10.2. The van der Waals surface area contributed by atoms with Gasteiger partial charge in [-0.25, -0.2) is 24.9 Å². The van der Waals surface area contributed by atoms with Crippen LogP contribution in [0.1, 0.15) is 35.7 Å². The van der Waals surface area contributed by atoms with Crippen molar-refractivity contribution in [1.29, 1.82) is 0 Å². The maximum Gasteiger partial charge on any atom is 0.434 e. The molecule has 0 saturated heterocycles. The molecule has 216 valence electrons. The topological polar surface area (TPSA) is 110 Å². The molecule has 10 nitrogen and oxygen atoms in total. The van der Waals surface area contributed by atoms with E-state index in [9.17, 15) is 13.2 Å². The monoisotopic (exact) mass is 593 g/mol. The molecule has 1 aliphatic rings. The van der Waals surface area contributed by atoms with E-state index in [2.05, 4.69) is 24.9 Å². The number of imidazole rings is 1. The third-order valence-electron chi connectivity index (χ3n) is 6.94. The van der Waals surface area contributed by atoms with Gasteiger partial charge in [0.1, 0.15) is 30.1 Å². The first-order valence-electron chi connectivity index (χ1n) is 13.3. The number of rotatable bonds is 9. The van der Waals surface area contributed by atoms with E-state index in [1.807, 2.05) is 0 Å². The van der Waals surface area contributed by atoms with Gasteiger partial charge in [0.15, 0.2) is 17.0 Å². The Morgan fingerprint density at radius 2 is 1.75 bits per heavy atom. The molecule has 0 N–H and O–H groups in total. The lowest BCUT2D eigenvalue weighted by Gasteiger charge is -2.25. The average molecular weight is 593 g/mol. The van der Waals surface area contributed by atoms with Crippen molar-refractivity contribution >= 4 is 34.6 Å². The Morgan fingerprint density at radius 1 is 0.955 bits per heavy atom. The smallest absolute Gasteiger partial charge is 0.434 e. The van der Waals surface area contributed by atoms with E-state index in [-0.39, 0.29) is 35.5 Å². The van der Waals surface area contributed by atoms with E-state index in [1.165, 1.54) is 26.6 Å². The maximum absolute atomic E-state index is 13.5. The molecule has 0 amide bonds. The SMILES string of the molecule is [B]C([B])([B])n1cc(C(F)(F)F)nc1-c1ccc(COc2nc(-c3c(OC)ncnc3C3CC3)nc3cccnc23)cc1OC. The fourth-order valence-corrected chi connectivity index (χ4v) is 4.73. The van der Waals surface area contributed by atoms with E-state index >= 15 is 0 Å². The number of halogens is 3. The zero-order chi connectivity index (χ0) is 31.2. The van der Waals surface area contributed by atoms with Crippen LogP contribution < -0.4 is 14.2 Å². The summed E-state index contributed by atoms with van der Waals surface area (Å²) in [5.41, 5.74) is 1.92. The average Bonchev–Trinajstić information content (AvgIpc) is 3.74. The number of hydrogen-bond donors (Lipinski definition) is 0. The van der Waals surface area contributed by atoms with Crippen molar-refractivity contribution in [1.82, 2.24) is 34.5 Å². The van der Waals surface area contributed by atoms with Crippen LogP contribution in [0.25, 0.3) is 33.8 Å². The highest BCUT2D eigenvalue weighted by atomic mass is 19.4. The fraction of sp³-hybridized carbons (Fsp3) is 0.286. The Labute approximate surface area is 253 Å². The van der Waals surface area contributed by atoms with Gasteiger partial charge in [0.2, 0.25) is 11.8 Å². The van der Waals surface area contributed by atoms with Gasteiger partial charge in [-0.3, -0.25) is 0 Å². The highest BCUT2D eigenvalue weighted by molar-refractivity contribution is 6.56. The van der Waals surface area contributed by atoms with Gasteiger partial charge in [-0.05, 0) is 42.7 Å². The lowest BCUT2D eigenvalue weighted by molar-refractivity contribution is -0.140. The van der Waals surface area contributed by atoms with Gasteiger partial charge < -0.3 is 18.8 Å². The molecule has 0 bridgehead atoms. The summed E-state index contributed by atoms with van der Waals surface area (Å²) in [5, 5.41) is -2.16. The molecule has 0 atom stereocenters. The number of nitrogens with zero attached hydrogens (tertiary/aromatic N) is 7. The molecule has 1 saturated carbocycles. The third-order valence-corrected chi connectivity index (χ3v) is 6.94. The quantitative estimate of drug-likeness (QED) is 0.235. The van der Waals surface area contributed by atoms with Crippen molar-refractivity contribution in [2.24, 2.45) is 0 Å². The van der Waals surface area contributed by atoms with Crippen LogP contribution in [0, 0.1) is 0 Å². The molecule has 0 aliphatic heterocycles. The number of methoxy groups -OCH3 is 2. The molecule has 4 heterocycles. The molecule has 6 rings (SSSR count). The van der Waals surface area contributed by atoms with Gasteiger partial charge in [-0.15, -0.1) is 0 Å². The Bertz CT molecular complexity index is 1860. The highest BCUT2D eigenvalue weighted by Crippen LogP contribution is 2.45. The first-order chi connectivity index (χ1) is 21.0. The summed E-state index contributed by atoms with van der Waals surface area (Å²) in [7, 11) is 20.1. The molecular formula is C28H21B3F3N7O3. The van der Waals surface area contributed by atoms with Crippen LogP contribution in [-0.4, -0.2) is 72.2 Å². The van der Waals surface area contributed by atoms with Gasteiger partial charge >= 0.3 is 6.18 Å². The summed E-state index contributed by atoms with van der Waals surface area (Å²) in [6, 6.07) is 8.27. The molecule has 4 aromatic heterocycles. The predicted molar refractivity (Wildman–Crippen MR) is 156 cm³/mol. The third kappa shape index (κ3) is 5.68. The van der Waals surface area contributed by atoms with E-state index in [0.29, 0.717) is 40.1 Å². The number of alkyl halides is 3. The molecule has 0 spiro atoms. The first kappa shape index (κ1) is 29.5. The molecule has 6 radical (unpaired) electrons.